The highest BCUT2D eigenvalue weighted by Crippen LogP contribution is 2.32. The monoisotopic (exact) mass is 275 g/mol. The maximum atomic E-state index is 9.34. The van der Waals surface area contributed by atoms with E-state index in [1.807, 2.05) is 18.2 Å². The number of fused-ring (bicyclic) bond motifs is 1. The second-order valence-electron chi connectivity index (χ2n) is 4.63. The second-order valence-corrected chi connectivity index (χ2v) is 4.63. The molecule has 106 valence electrons. The zero-order chi connectivity index (χ0) is 13.9. The number of aromatic nitrogens is 3. The fraction of sp³-hybridized carbons (Fsp3) is 0.429. The zero-order valence-electron chi connectivity index (χ0n) is 11.4. The van der Waals surface area contributed by atoms with Gasteiger partial charge in [-0.1, -0.05) is 18.6 Å². The largest absolute Gasteiger partial charge is 0.486 e. The van der Waals surface area contributed by atoms with E-state index in [0.29, 0.717) is 18.9 Å². The fourth-order valence-corrected chi connectivity index (χ4v) is 2.31. The van der Waals surface area contributed by atoms with Crippen LogP contribution in [0.25, 0.3) is 5.69 Å². The Kier molecular flexibility index (Phi) is 3.56. The van der Waals surface area contributed by atoms with E-state index in [4.69, 9.17) is 9.47 Å². The molecule has 1 aliphatic heterocycles. The van der Waals surface area contributed by atoms with Gasteiger partial charge in [0.25, 0.3) is 0 Å². The summed E-state index contributed by atoms with van der Waals surface area (Å²) in [6.45, 7) is 3.12. The molecule has 3 rings (SSSR count). The Hall–Kier alpha value is -2.08. The molecule has 0 atom stereocenters. The highest BCUT2D eigenvalue weighted by Gasteiger charge is 2.16. The lowest BCUT2D eigenvalue weighted by Gasteiger charge is -2.19. The van der Waals surface area contributed by atoms with Gasteiger partial charge >= 0.3 is 0 Å². The normalized spacial score (nSPS) is 13.5. The minimum absolute atomic E-state index is 0.0973. The molecule has 0 bridgehead atoms. The van der Waals surface area contributed by atoms with Gasteiger partial charge in [-0.25, -0.2) is 4.68 Å². The van der Waals surface area contributed by atoms with Gasteiger partial charge < -0.3 is 14.6 Å². The first-order valence-corrected chi connectivity index (χ1v) is 6.77. The maximum absolute atomic E-state index is 9.34. The summed E-state index contributed by atoms with van der Waals surface area (Å²) >= 11 is 0. The van der Waals surface area contributed by atoms with Crippen LogP contribution in [-0.2, 0) is 13.0 Å². The van der Waals surface area contributed by atoms with Crippen molar-refractivity contribution in [1.29, 1.82) is 0 Å². The molecule has 0 saturated heterocycles. The lowest BCUT2D eigenvalue weighted by Crippen LogP contribution is -2.15. The van der Waals surface area contributed by atoms with Gasteiger partial charge in [0.05, 0.1) is 18.0 Å². The molecule has 0 unspecified atom stereocenters. The van der Waals surface area contributed by atoms with Crippen molar-refractivity contribution in [3.05, 3.63) is 29.6 Å². The van der Waals surface area contributed by atoms with Gasteiger partial charge in [-0.05, 0) is 18.6 Å². The first-order chi connectivity index (χ1) is 9.83. The van der Waals surface area contributed by atoms with Gasteiger partial charge in [-0.3, -0.25) is 0 Å². The summed E-state index contributed by atoms with van der Waals surface area (Å²) in [7, 11) is 0. The molecule has 6 nitrogen and oxygen atoms in total. The molecule has 2 heterocycles. The predicted molar refractivity (Wildman–Crippen MR) is 72.3 cm³/mol. The first-order valence-electron chi connectivity index (χ1n) is 6.77. The Balaban J connectivity index is 2.02. The van der Waals surface area contributed by atoms with E-state index in [-0.39, 0.29) is 6.61 Å². The van der Waals surface area contributed by atoms with Crippen LogP contribution in [-0.4, -0.2) is 33.3 Å². The molecule has 0 radical (unpaired) electrons. The van der Waals surface area contributed by atoms with Crippen LogP contribution >= 0.6 is 0 Å². The Morgan fingerprint density at radius 2 is 2.05 bits per heavy atom. The average Bonchev–Trinajstić information content (AvgIpc) is 2.90. The number of hydrogen-bond acceptors (Lipinski definition) is 5. The van der Waals surface area contributed by atoms with Gasteiger partial charge in [0, 0.05) is 6.07 Å². The number of rotatable bonds is 4. The van der Waals surface area contributed by atoms with Crippen LogP contribution in [0, 0.1) is 0 Å². The highest BCUT2D eigenvalue weighted by molar-refractivity contribution is 5.49. The van der Waals surface area contributed by atoms with E-state index in [2.05, 4.69) is 17.2 Å². The number of benzene rings is 1. The quantitative estimate of drug-likeness (QED) is 0.915. The van der Waals surface area contributed by atoms with Crippen LogP contribution in [0.15, 0.2) is 18.2 Å². The molecule has 1 aromatic carbocycles. The molecule has 20 heavy (non-hydrogen) atoms. The third kappa shape index (κ3) is 2.22. The number of aliphatic hydroxyl groups is 1. The molecule has 6 heteroatoms. The van der Waals surface area contributed by atoms with Crippen LogP contribution in [0.4, 0.5) is 0 Å². The molecule has 2 aromatic rings. The summed E-state index contributed by atoms with van der Waals surface area (Å²) in [5, 5.41) is 17.5. The minimum Gasteiger partial charge on any atom is -0.486 e. The SMILES string of the molecule is CCCc1c(CO)nnn1-c1ccc2c(c1)OCCO2. The van der Waals surface area contributed by atoms with E-state index in [1.54, 1.807) is 4.68 Å². The number of hydrogen-bond donors (Lipinski definition) is 1. The topological polar surface area (TPSA) is 69.4 Å². The van der Waals surface area contributed by atoms with Gasteiger partial charge in [-0.15, -0.1) is 5.10 Å². The van der Waals surface area contributed by atoms with E-state index < -0.39 is 0 Å². The molecule has 1 N–H and O–H groups in total. The molecule has 0 aliphatic carbocycles. The van der Waals surface area contributed by atoms with Crippen molar-refractivity contribution >= 4 is 0 Å². The first kappa shape index (κ1) is 12.9. The highest BCUT2D eigenvalue weighted by atomic mass is 16.6. The van der Waals surface area contributed by atoms with Gasteiger partial charge in [0.15, 0.2) is 11.5 Å². The Bertz CT molecular complexity index is 610. The summed E-state index contributed by atoms with van der Waals surface area (Å²) < 4.78 is 12.8. The van der Waals surface area contributed by atoms with Crippen molar-refractivity contribution in [3.8, 4) is 17.2 Å². The second kappa shape index (κ2) is 5.50. The molecule has 0 fully saturated rings. The zero-order valence-corrected chi connectivity index (χ0v) is 11.4. The molecule has 1 aromatic heterocycles. The number of nitrogens with zero attached hydrogens (tertiary/aromatic N) is 3. The van der Waals surface area contributed by atoms with Crippen LogP contribution in [0.2, 0.25) is 0 Å². The Morgan fingerprint density at radius 1 is 1.25 bits per heavy atom. The van der Waals surface area contributed by atoms with Gasteiger partial charge in [0.1, 0.15) is 18.9 Å². The fourth-order valence-electron chi connectivity index (χ4n) is 2.31. The van der Waals surface area contributed by atoms with Crippen molar-refractivity contribution in [2.45, 2.75) is 26.4 Å². The molecular formula is C14H17N3O3. The molecule has 0 spiro atoms. The van der Waals surface area contributed by atoms with Crippen LogP contribution in [0.1, 0.15) is 24.7 Å². The van der Waals surface area contributed by atoms with E-state index >= 15 is 0 Å². The lowest BCUT2D eigenvalue weighted by molar-refractivity contribution is 0.171. The summed E-state index contributed by atoms with van der Waals surface area (Å²) in [5.74, 6) is 1.47. The van der Waals surface area contributed by atoms with Crippen LogP contribution < -0.4 is 9.47 Å². The van der Waals surface area contributed by atoms with Crippen molar-refractivity contribution in [2.24, 2.45) is 0 Å². The standard InChI is InChI=1S/C14H17N3O3/c1-2-3-12-11(9-18)15-16-17(12)10-4-5-13-14(8-10)20-7-6-19-13/h4-5,8,18H,2-3,6-7,9H2,1H3. The third-order valence-electron chi connectivity index (χ3n) is 3.25. The minimum atomic E-state index is -0.0973. The number of ether oxygens (including phenoxy) is 2. The van der Waals surface area contributed by atoms with Crippen molar-refractivity contribution in [2.75, 3.05) is 13.2 Å². The van der Waals surface area contributed by atoms with E-state index in [1.165, 1.54) is 0 Å². The molecule has 1 aliphatic rings. The third-order valence-corrected chi connectivity index (χ3v) is 3.25. The van der Waals surface area contributed by atoms with Gasteiger partial charge in [0.2, 0.25) is 0 Å². The summed E-state index contributed by atoms with van der Waals surface area (Å²) in [5.41, 5.74) is 2.43. The Morgan fingerprint density at radius 3 is 2.80 bits per heavy atom. The van der Waals surface area contributed by atoms with Crippen LogP contribution in [0.5, 0.6) is 11.5 Å². The average molecular weight is 275 g/mol. The predicted octanol–water partition coefficient (Wildman–Crippen LogP) is 1.48. The molecule has 0 saturated carbocycles. The number of aliphatic hydroxyl groups excluding tert-OH is 1. The summed E-state index contributed by atoms with van der Waals surface area (Å²) in [6.07, 6.45) is 1.78. The van der Waals surface area contributed by atoms with Crippen molar-refractivity contribution in [1.82, 2.24) is 15.0 Å². The van der Waals surface area contributed by atoms with E-state index in [0.717, 1.165) is 35.7 Å². The van der Waals surface area contributed by atoms with Gasteiger partial charge in [-0.2, -0.15) is 0 Å². The van der Waals surface area contributed by atoms with Crippen molar-refractivity contribution in [3.63, 3.8) is 0 Å². The van der Waals surface area contributed by atoms with Crippen LogP contribution in [0.3, 0.4) is 0 Å². The summed E-state index contributed by atoms with van der Waals surface area (Å²) in [4.78, 5) is 0. The molecule has 0 amide bonds. The van der Waals surface area contributed by atoms with Crippen molar-refractivity contribution < 1.29 is 14.6 Å². The maximum Gasteiger partial charge on any atom is 0.163 e. The summed E-state index contributed by atoms with van der Waals surface area (Å²) in [6, 6.07) is 5.69. The smallest absolute Gasteiger partial charge is 0.163 e. The Labute approximate surface area is 116 Å². The van der Waals surface area contributed by atoms with E-state index in [9.17, 15) is 5.11 Å². The lowest BCUT2D eigenvalue weighted by atomic mass is 10.2. The molecular weight excluding hydrogens is 258 g/mol.